The fourth-order valence-electron chi connectivity index (χ4n) is 3.24. The van der Waals surface area contributed by atoms with Crippen LogP contribution in [0.5, 0.6) is 0 Å². The number of methoxy groups -OCH3 is 1. The summed E-state index contributed by atoms with van der Waals surface area (Å²) in [7, 11) is 1.57. The highest BCUT2D eigenvalue weighted by Gasteiger charge is 2.23. The Labute approximate surface area is 176 Å². The van der Waals surface area contributed by atoms with Crippen molar-refractivity contribution in [1.82, 2.24) is 10.6 Å². The van der Waals surface area contributed by atoms with Crippen LogP contribution in [-0.4, -0.2) is 56.4 Å². The Morgan fingerprint density at radius 1 is 1.14 bits per heavy atom. The number of carbonyl (C=O) groups is 3. The van der Waals surface area contributed by atoms with Crippen molar-refractivity contribution in [2.45, 2.75) is 43.5 Å². The molecule has 0 bridgehead atoms. The van der Waals surface area contributed by atoms with Gasteiger partial charge in [-0.2, -0.15) is 0 Å². The van der Waals surface area contributed by atoms with Crippen molar-refractivity contribution < 1.29 is 23.9 Å². The Kier molecular flexibility index (Phi) is 10.0. The first-order valence-electron chi connectivity index (χ1n) is 9.95. The number of hydrogen-bond donors (Lipinski definition) is 2. The Bertz CT molecular complexity index is 697. The highest BCUT2D eigenvalue weighted by molar-refractivity contribution is 8.00. The Hall–Kier alpha value is -2.06. The van der Waals surface area contributed by atoms with Crippen LogP contribution in [-0.2, 0) is 19.1 Å². The molecule has 160 valence electrons. The van der Waals surface area contributed by atoms with Gasteiger partial charge in [0.05, 0.1) is 17.9 Å². The average molecular weight is 423 g/mol. The van der Waals surface area contributed by atoms with Gasteiger partial charge in [-0.1, -0.05) is 31.9 Å². The summed E-state index contributed by atoms with van der Waals surface area (Å²) in [5.41, 5.74) is 0.348. The summed E-state index contributed by atoms with van der Waals surface area (Å²) >= 11 is 1.25. The van der Waals surface area contributed by atoms with E-state index in [1.54, 1.807) is 31.4 Å². The number of esters is 1. The molecule has 1 fully saturated rings. The smallest absolute Gasteiger partial charge is 0.339 e. The summed E-state index contributed by atoms with van der Waals surface area (Å²) in [6.45, 7) is 2.71. The van der Waals surface area contributed by atoms with Crippen molar-refractivity contribution in [3.8, 4) is 0 Å². The SMILES string of the molecule is COCCNC(=O)CSc1ccccc1C(=O)OCC(=O)N[C@@H]1CCCC[C@H]1C. The number of amides is 2. The minimum absolute atomic E-state index is 0.142. The molecule has 0 heterocycles. The van der Waals surface area contributed by atoms with Crippen LogP contribution >= 0.6 is 11.8 Å². The van der Waals surface area contributed by atoms with Crippen molar-refractivity contribution in [3.05, 3.63) is 29.8 Å². The van der Waals surface area contributed by atoms with E-state index in [4.69, 9.17) is 9.47 Å². The maximum Gasteiger partial charge on any atom is 0.339 e. The molecular formula is C21H30N2O5S. The van der Waals surface area contributed by atoms with Crippen molar-refractivity contribution >= 4 is 29.5 Å². The lowest BCUT2D eigenvalue weighted by molar-refractivity contribution is -0.125. The molecule has 1 aromatic carbocycles. The highest BCUT2D eigenvalue weighted by Crippen LogP contribution is 2.24. The van der Waals surface area contributed by atoms with Gasteiger partial charge in [0.2, 0.25) is 5.91 Å². The van der Waals surface area contributed by atoms with Crippen LogP contribution in [0, 0.1) is 5.92 Å². The van der Waals surface area contributed by atoms with E-state index in [0.717, 1.165) is 19.3 Å². The van der Waals surface area contributed by atoms with Gasteiger partial charge in [-0.3, -0.25) is 9.59 Å². The lowest BCUT2D eigenvalue weighted by Gasteiger charge is -2.29. The topological polar surface area (TPSA) is 93.7 Å². The molecule has 0 aliphatic heterocycles. The zero-order valence-electron chi connectivity index (χ0n) is 17.1. The van der Waals surface area contributed by atoms with Gasteiger partial charge in [-0.05, 0) is 30.9 Å². The van der Waals surface area contributed by atoms with Crippen LogP contribution < -0.4 is 10.6 Å². The first-order chi connectivity index (χ1) is 14.0. The Morgan fingerprint density at radius 3 is 2.66 bits per heavy atom. The van der Waals surface area contributed by atoms with Crippen molar-refractivity contribution in [2.75, 3.05) is 32.6 Å². The third-order valence-electron chi connectivity index (χ3n) is 4.89. The van der Waals surface area contributed by atoms with Crippen LogP contribution in [0.3, 0.4) is 0 Å². The molecular weight excluding hydrogens is 392 g/mol. The third kappa shape index (κ3) is 8.06. The minimum atomic E-state index is -0.570. The lowest BCUT2D eigenvalue weighted by atomic mass is 9.86. The third-order valence-corrected chi connectivity index (χ3v) is 5.96. The average Bonchev–Trinajstić information content (AvgIpc) is 2.72. The van der Waals surface area contributed by atoms with Crippen LogP contribution in [0.2, 0.25) is 0 Å². The van der Waals surface area contributed by atoms with E-state index < -0.39 is 5.97 Å². The summed E-state index contributed by atoms with van der Waals surface area (Å²) < 4.78 is 10.1. The zero-order chi connectivity index (χ0) is 21.1. The van der Waals surface area contributed by atoms with Gasteiger partial charge in [-0.15, -0.1) is 11.8 Å². The second-order valence-electron chi connectivity index (χ2n) is 7.14. The van der Waals surface area contributed by atoms with Gasteiger partial charge in [-0.25, -0.2) is 4.79 Å². The number of ether oxygens (including phenoxy) is 2. The van der Waals surface area contributed by atoms with Gasteiger partial charge >= 0.3 is 5.97 Å². The summed E-state index contributed by atoms with van der Waals surface area (Å²) in [4.78, 5) is 37.1. The fraction of sp³-hybridized carbons (Fsp3) is 0.571. The number of carbonyl (C=O) groups excluding carboxylic acids is 3. The van der Waals surface area contributed by atoms with Crippen molar-refractivity contribution in [3.63, 3.8) is 0 Å². The van der Waals surface area contributed by atoms with Gasteiger partial charge in [0.15, 0.2) is 6.61 Å². The molecule has 1 saturated carbocycles. The number of nitrogens with one attached hydrogen (secondary N) is 2. The molecule has 1 aromatic rings. The van der Waals surface area contributed by atoms with E-state index in [1.165, 1.54) is 18.2 Å². The van der Waals surface area contributed by atoms with Gasteiger partial charge < -0.3 is 20.1 Å². The van der Waals surface area contributed by atoms with Crippen molar-refractivity contribution in [1.29, 1.82) is 0 Å². The second kappa shape index (κ2) is 12.5. The predicted molar refractivity (Wildman–Crippen MR) is 112 cm³/mol. The van der Waals surface area contributed by atoms with Gasteiger partial charge in [0.1, 0.15) is 0 Å². The molecule has 2 rings (SSSR count). The van der Waals surface area contributed by atoms with Crippen LogP contribution in [0.25, 0.3) is 0 Å². The first kappa shape index (κ1) is 23.2. The van der Waals surface area contributed by atoms with E-state index in [9.17, 15) is 14.4 Å². The lowest BCUT2D eigenvalue weighted by Crippen LogP contribution is -2.42. The molecule has 2 atom stereocenters. The van der Waals surface area contributed by atoms with Gasteiger partial charge in [0.25, 0.3) is 5.91 Å². The molecule has 0 saturated heterocycles. The van der Waals surface area contributed by atoms with E-state index in [1.807, 2.05) is 0 Å². The van der Waals surface area contributed by atoms with Crippen LogP contribution in [0.4, 0.5) is 0 Å². The fourth-order valence-corrected chi connectivity index (χ4v) is 4.11. The molecule has 1 aliphatic rings. The molecule has 0 aromatic heterocycles. The van der Waals surface area contributed by atoms with E-state index in [-0.39, 0.29) is 30.2 Å². The molecule has 0 radical (unpaired) electrons. The van der Waals surface area contributed by atoms with Crippen LogP contribution in [0.1, 0.15) is 43.0 Å². The first-order valence-corrected chi connectivity index (χ1v) is 10.9. The number of thioether (sulfide) groups is 1. The summed E-state index contributed by atoms with van der Waals surface area (Å²) in [5.74, 6) is -0.375. The minimum Gasteiger partial charge on any atom is -0.452 e. The molecule has 7 nitrogen and oxygen atoms in total. The number of benzene rings is 1. The summed E-state index contributed by atoms with van der Waals surface area (Å²) in [5, 5.41) is 5.70. The molecule has 1 aliphatic carbocycles. The maximum atomic E-state index is 12.4. The Morgan fingerprint density at radius 2 is 1.90 bits per heavy atom. The monoisotopic (exact) mass is 422 g/mol. The second-order valence-corrected chi connectivity index (χ2v) is 8.16. The summed E-state index contributed by atoms with van der Waals surface area (Å²) in [6, 6.07) is 7.05. The normalized spacial score (nSPS) is 18.7. The Balaban J connectivity index is 1.82. The van der Waals surface area contributed by atoms with E-state index >= 15 is 0 Å². The van der Waals surface area contributed by atoms with Gasteiger partial charge in [0, 0.05) is 24.6 Å². The summed E-state index contributed by atoms with van der Waals surface area (Å²) in [6.07, 6.45) is 4.38. The quantitative estimate of drug-likeness (QED) is 0.342. The van der Waals surface area contributed by atoms with E-state index in [0.29, 0.717) is 29.5 Å². The molecule has 29 heavy (non-hydrogen) atoms. The molecule has 2 amide bonds. The standard InChI is InChI=1S/C21H30N2O5S/c1-15-7-3-5-9-17(15)23-19(24)13-28-21(26)16-8-4-6-10-18(16)29-14-20(25)22-11-12-27-2/h4,6,8,10,15,17H,3,5,7,9,11-14H2,1-2H3,(H,22,25)(H,23,24)/t15-,17-/m1/s1. The van der Waals surface area contributed by atoms with Crippen LogP contribution in [0.15, 0.2) is 29.2 Å². The highest BCUT2D eigenvalue weighted by atomic mass is 32.2. The number of hydrogen-bond acceptors (Lipinski definition) is 6. The van der Waals surface area contributed by atoms with E-state index in [2.05, 4.69) is 17.6 Å². The largest absolute Gasteiger partial charge is 0.452 e. The molecule has 2 N–H and O–H groups in total. The molecule has 0 spiro atoms. The maximum absolute atomic E-state index is 12.4. The predicted octanol–water partition coefficient (Wildman–Crippen LogP) is 2.39. The van der Waals surface area contributed by atoms with Crippen molar-refractivity contribution in [2.24, 2.45) is 5.92 Å². The zero-order valence-corrected chi connectivity index (χ0v) is 17.9. The molecule has 0 unspecified atom stereocenters. The molecule has 8 heteroatoms. The number of rotatable bonds is 10.